The Morgan fingerprint density at radius 2 is 1.85 bits per heavy atom. The van der Waals surface area contributed by atoms with Crippen molar-refractivity contribution in [3.8, 4) is 0 Å². The number of hydrogen-bond acceptors (Lipinski definition) is 5. The van der Waals surface area contributed by atoms with Gasteiger partial charge in [0.2, 0.25) is 0 Å². The second-order valence-corrected chi connectivity index (χ2v) is 6.38. The molecule has 0 bridgehead atoms. The number of ether oxygens (including phenoxy) is 2. The van der Waals surface area contributed by atoms with Crippen molar-refractivity contribution in [1.82, 2.24) is 14.7 Å². The van der Waals surface area contributed by atoms with Crippen molar-refractivity contribution in [1.29, 1.82) is 0 Å². The van der Waals surface area contributed by atoms with E-state index in [1.54, 1.807) is 4.90 Å². The molecule has 0 saturated carbocycles. The third-order valence-electron chi connectivity index (χ3n) is 4.74. The summed E-state index contributed by atoms with van der Waals surface area (Å²) in [4.78, 5) is 42.2. The molecule has 0 spiro atoms. The Balaban J connectivity index is 1.75. The molecule has 27 heavy (non-hydrogen) atoms. The number of rotatable bonds is 2. The molecule has 2 heterocycles. The number of hydrogen-bond donors (Lipinski definition) is 0. The van der Waals surface area contributed by atoms with Crippen molar-refractivity contribution in [3.63, 3.8) is 0 Å². The molecule has 2 fully saturated rings. The zero-order valence-electron chi connectivity index (χ0n) is 15.1. The average molecular weight is 379 g/mol. The van der Waals surface area contributed by atoms with Crippen LogP contribution in [-0.4, -0.2) is 91.7 Å². The number of amides is 3. The number of carbonyl (C=O) groups excluding carboxylic acids is 3. The van der Waals surface area contributed by atoms with Gasteiger partial charge >= 0.3 is 12.0 Å². The zero-order chi connectivity index (χ0) is 19.4. The second-order valence-electron chi connectivity index (χ2n) is 6.38. The quantitative estimate of drug-likeness (QED) is 0.703. The Bertz CT molecular complexity index is 723. The van der Waals surface area contributed by atoms with E-state index in [2.05, 4.69) is 0 Å². The predicted octanol–water partition coefficient (Wildman–Crippen LogP) is 0.577. The van der Waals surface area contributed by atoms with E-state index in [-0.39, 0.29) is 37.1 Å². The van der Waals surface area contributed by atoms with E-state index < -0.39 is 17.8 Å². The molecule has 2 aliphatic rings. The first-order valence-corrected chi connectivity index (χ1v) is 8.77. The molecule has 1 aromatic carbocycles. The highest BCUT2D eigenvalue weighted by Crippen LogP contribution is 2.17. The van der Waals surface area contributed by atoms with Crippen LogP contribution in [0.4, 0.5) is 9.18 Å². The smallest absolute Gasteiger partial charge is 0.330 e. The maximum atomic E-state index is 13.4. The lowest BCUT2D eigenvalue weighted by Crippen LogP contribution is -2.62. The van der Waals surface area contributed by atoms with E-state index in [0.29, 0.717) is 26.3 Å². The van der Waals surface area contributed by atoms with E-state index in [0.717, 1.165) is 6.07 Å². The zero-order valence-corrected chi connectivity index (χ0v) is 15.1. The van der Waals surface area contributed by atoms with Crippen molar-refractivity contribution in [2.45, 2.75) is 6.04 Å². The van der Waals surface area contributed by atoms with E-state index in [1.165, 1.54) is 35.1 Å². The minimum Gasteiger partial charge on any atom is -0.467 e. The predicted molar refractivity (Wildman–Crippen MR) is 92.6 cm³/mol. The summed E-state index contributed by atoms with van der Waals surface area (Å²) >= 11 is 0. The molecule has 0 unspecified atom stereocenters. The minimum atomic E-state index is -0.906. The minimum absolute atomic E-state index is 0.00188. The van der Waals surface area contributed by atoms with Crippen LogP contribution in [0.3, 0.4) is 0 Å². The largest absolute Gasteiger partial charge is 0.467 e. The van der Waals surface area contributed by atoms with Crippen molar-refractivity contribution in [2.75, 3.05) is 53.0 Å². The maximum absolute atomic E-state index is 13.4. The molecular weight excluding hydrogens is 357 g/mol. The Morgan fingerprint density at radius 1 is 1.11 bits per heavy atom. The monoisotopic (exact) mass is 379 g/mol. The van der Waals surface area contributed by atoms with Gasteiger partial charge in [-0.25, -0.2) is 14.0 Å². The van der Waals surface area contributed by atoms with Gasteiger partial charge in [-0.15, -0.1) is 0 Å². The van der Waals surface area contributed by atoms with Gasteiger partial charge in [0, 0.05) is 31.7 Å². The van der Waals surface area contributed by atoms with E-state index >= 15 is 0 Å². The van der Waals surface area contributed by atoms with Gasteiger partial charge in [0.1, 0.15) is 11.9 Å². The number of methoxy groups -OCH3 is 1. The average Bonchev–Trinajstić information content (AvgIpc) is 2.72. The standard InChI is InChI=1S/C18H22FN3O5/c1-26-17(24)15-12-21(16(23)13-3-2-4-14(19)11-13)5-6-22(15)18(25)20-7-9-27-10-8-20/h2-4,11,15H,5-10,12H2,1H3/t15-/m0/s1. The molecule has 9 heteroatoms. The molecule has 1 aromatic rings. The molecule has 0 aliphatic carbocycles. The van der Waals surface area contributed by atoms with Crippen LogP contribution in [0, 0.1) is 5.82 Å². The topological polar surface area (TPSA) is 79.4 Å². The van der Waals surface area contributed by atoms with Crippen LogP contribution in [0.2, 0.25) is 0 Å². The molecule has 146 valence electrons. The van der Waals surface area contributed by atoms with Crippen LogP contribution in [0.5, 0.6) is 0 Å². The third kappa shape index (κ3) is 4.19. The number of nitrogens with zero attached hydrogens (tertiary/aromatic N) is 3. The number of morpholine rings is 1. The van der Waals surface area contributed by atoms with Gasteiger partial charge in [-0.1, -0.05) is 6.07 Å². The fraction of sp³-hybridized carbons (Fsp3) is 0.500. The van der Waals surface area contributed by atoms with Crippen molar-refractivity contribution < 1.29 is 28.2 Å². The molecular formula is C18H22FN3O5. The van der Waals surface area contributed by atoms with Crippen molar-refractivity contribution in [2.24, 2.45) is 0 Å². The lowest BCUT2D eigenvalue weighted by Gasteiger charge is -2.42. The van der Waals surface area contributed by atoms with Gasteiger partial charge in [0.25, 0.3) is 5.91 Å². The second kappa shape index (κ2) is 8.34. The normalized spacial score (nSPS) is 20.4. The van der Waals surface area contributed by atoms with Gasteiger partial charge in [0.05, 0.1) is 26.9 Å². The molecule has 2 saturated heterocycles. The SMILES string of the molecule is COC(=O)[C@@H]1CN(C(=O)c2cccc(F)c2)CCN1C(=O)N1CCOCC1. The van der Waals surface area contributed by atoms with Crippen molar-refractivity contribution >= 4 is 17.9 Å². The summed E-state index contributed by atoms with van der Waals surface area (Å²) in [5.74, 6) is -1.48. The Kier molecular flexibility index (Phi) is 5.90. The summed E-state index contributed by atoms with van der Waals surface area (Å²) in [5, 5.41) is 0. The fourth-order valence-electron chi connectivity index (χ4n) is 3.27. The highest BCUT2D eigenvalue weighted by Gasteiger charge is 2.39. The van der Waals surface area contributed by atoms with Crippen LogP contribution in [0.15, 0.2) is 24.3 Å². The molecule has 8 nitrogen and oxygen atoms in total. The molecule has 3 rings (SSSR count). The molecule has 0 N–H and O–H groups in total. The lowest BCUT2D eigenvalue weighted by atomic mass is 10.1. The van der Waals surface area contributed by atoms with Crippen LogP contribution in [0.1, 0.15) is 10.4 Å². The fourth-order valence-corrected chi connectivity index (χ4v) is 3.27. The van der Waals surface area contributed by atoms with Crippen molar-refractivity contribution in [3.05, 3.63) is 35.6 Å². The Labute approximate surface area is 156 Å². The number of urea groups is 1. The Hall–Kier alpha value is -2.68. The summed E-state index contributed by atoms with van der Waals surface area (Å²) < 4.78 is 23.5. The van der Waals surface area contributed by atoms with Gasteiger partial charge in [-0.3, -0.25) is 4.79 Å². The molecule has 0 radical (unpaired) electrons. The summed E-state index contributed by atoms with van der Waals surface area (Å²) in [6, 6.07) is 4.21. The summed E-state index contributed by atoms with van der Waals surface area (Å²) in [5.41, 5.74) is 0.201. The molecule has 1 atom stereocenters. The first-order valence-electron chi connectivity index (χ1n) is 8.77. The van der Waals surface area contributed by atoms with Gasteiger partial charge in [0.15, 0.2) is 0 Å². The van der Waals surface area contributed by atoms with Gasteiger partial charge in [-0.05, 0) is 18.2 Å². The highest BCUT2D eigenvalue weighted by atomic mass is 19.1. The summed E-state index contributed by atoms with van der Waals surface area (Å²) in [6.07, 6.45) is 0. The lowest BCUT2D eigenvalue weighted by molar-refractivity contribution is -0.147. The van der Waals surface area contributed by atoms with Crippen LogP contribution >= 0.6 is 0 Å². The first-order chi connectivity index (χ1) is 13.0. The third-order valence-corrected chi connectivity index (χ3v) is 4.74. The molecule has 2 aliphatic heterocycles. The van der Waals surface area contributed by atoms with E-state index in [1.807, 2.05) is 0 Å². The van der Waals surface area contributed by atoms with Crippen LogP contribution in [-0.2, 0) is 14.3 Å². The molecule has 3 amide bonds. The Morgan fingerprint density at radius 3 is 2.52 bits per heavy atom. The van der Waals surface area contributed by atoms with Gasteiger partial charge in [-0.2, -0.15) is 0 Å². The number of piperazine rings is 1. The number of halogens is 1. The number of benzene rings is 1. The number of esters is 1. The molecule has 0 aromatic heterocycles. The maximum Gasteiger partial charge on any atom is 0.330 e. The summed E-state index contributed by atoms with van der Waals surface area (Å²) in [7, 11) is 1.24. The van der Waals surface area contributed by atoms with Crippen LogP contribution < -0.4 is 0 Å². The highest BCUT2D eigenvalue weighted by molar-refractivity contribution is 5.95. The number of carbonyl (C=O) groups is 3. The first kappa shape index (κ1) is 19.1. The summed E-state index contributed by atoms with van der Waals surface area (Å²) in [6.45, 7) is 2.25. The van der Waals surface area contributed by atoms with E-state index in [4.69, 9.17) is 9.47 Å². The van der Waals surface area contributed by atoms with E-state index in [9.17, 15) is 18.8 Å². The van der Waals surface area contributed by atoms with Gasteiger partial charge < -0.3 is 24.2 Å². The van der Waals surface area contributed by atoms with Crippen LogP contribution in [0.25, 0.3) is 0 Å².